The number of benzene rings is 2. The minimum atomic E-state index is 1.10. The highest BCUT2D eigenvalue weighted by molar-refractivity contribution is 14.1. The maximum absolute atomic E-state index is 2.43. The van der Waals surface area contributed by atoms with Gasteiger partial charge in [-0.1, -0.05) is 54.6 Å². The van der Waals surface area contributed by atoms with Crippen LogP contribution in [0.5, 0.6) is 0 Å². The summed E-state index contributed by atoms with van der Waals surface area (Å²) in [6, 6.07) is 19.3. The van der Waals surface area contributed by atoms with E-state index >= 15 is 0 Å². The highest BCUT2D eigenvalue weighted by atomic mass is 127. The molecule has 108 valence electrons. The minimum Gasteiger partial charge on any atom is -0.320 e. The van der Waals surface area contributed by atoms with E-state index in [1.807, 2.05) is 0 Å². The van der Waals surface area contributed by atoms with Crippen molar-refractivity contribution >= 4 is 39.2 Å². The number of fused-ring (bicyclic) bond motifs is 1. The Morgan fingerprint density at radius 1 is 0.818 bits per heavy atom. The Morgan fingerprint density at radius 3 is 2.36 bits per heavy atom. The molecule has 0 atom stereocenters. The van der Waals surface area contributed by atoms with Gasteiger partial charge in [-0.25, -0.2) is 0 Å². The molecule has 0 amide bonds. The monoisotopic (exact) mass is 397 g/mol. The summed E-state index contributed by atoms with van der Waals surface area (Å²) in [7, 11) is 0. The van der Waals surface area contributed by atoms with E-state index in [9.17, 15) is 0 Å². The van der Waals surface area contributed by atoms with Gasteiger partial charge in [-0.3, -0.25) is 0 Å². The highest BCUT2D eigenvalue weighted by Gasteiger charge is 2.13. The van der Waals surface area contributed by atoms with Gasteiger partial charge in [0.25, 0.3) is 0 Å². The fourth-order valence-corrected chi connectivity index (χ4v) is 3.52. The van der Waals surface area contributed by atoms with E-state index in [-0.39, 0.29) is 0 Å². The Labute approximate surface area is 144 Å². The zero-order valence-corrected chi connectivity index (χ0v) is 14.3. The number of hydrogen-bond acceptors (Lipinski definition) is 0. The lowest BCUT2D eigenvalue weighted by atomic mass is 10.1. The van der Waals surface area contributed by atoms with Crippen LogP contribution in [0.1, 0.15) is 12.8 Å². The number of para-hydroxylation sites is 1. The van der Waals surface area contributed by atoms with Crippen LogP contribution in [0.15, 0.2) is 76.5 Å². The zero-order valence-electron chi connectivity index (χ0n) is 12.2. The van der Waals surface area contributed by atoms with Crippen molar-refractivity contribution < 1.29 is 0 Å². The van der Waals surface area contributed by atoms with Crippen LogP contribution in [-0.4, -0.2) is 4.57 Å². The molecule has 1 aliphatic carbocycles. The van der Waals surface area contributed by atoms with E-state index in [4.69, 9.17) is 0 Å². The fraction of sp³-hybridized carbons (Fsp3) is 0.100. The highest BCUT2D eigenvalue weighted by Crippen LogP contribution is 2.35. The number of nitrogens with zero attached hydrogens (tertiary/aromatic N) is 1. The van der Waals surface area contributed by atoms with Crippen molar-refractivity contribution in [2.45, 2.75) is 12.8 Å². The molecule has 4 rings (SSSR count). The molecule has 0 radical (unpaired) electrons. The van der Waals surface area contributed by atoms with Gasteiger partial charge in [-0.2, -0.15) is 0 Å². The molecule has 1 aromatic heterocycles. The average Bonchev–Trinajstić information content (AvgIpc) is 2.96. The molecular formula is C20H16IN. The van der Waals surface area contributed by atoms with Crippen LogP contribution >= 0.6 is 22.6 Å². The van der Waals surface area contributed by atoms with Crippen molar-refractivity contribution in [3.8, 4) is 11.1 Å². The fourth-order valence-electron chi connectivity index (χ4n) is 3.07. The van der Waals surface area contributed by atoms with Crippen LogP contribution in [-0.2, 0) is 0 Å². The summed E-state index contributed by atoms with van der Waals surface area (Å²) in [5.41, 5.74) is 5.25. The van der Waals surface area contributed by atoms with E-state index in [1.54, 1.807) is 0 Å². The van der Waals surface area contributed by atoms with Gasteiger partial charge in [-0.05, 0) is 56.7 Å². The Bertz CT molecular complexity index is 884. The van der Waals surface area contributed by atoms with Crippen LogP contribution in [0.25, 0.3) is 27.7 Å². The predicted molar refractivity (Wildman–Crippen MR) is 103 cm³/mol. The second kappa shape index (κ2) is 5.76. The van der Waals surface area contributed by atoms with E-state index < -0.39 is 0 Å². The van der Waals surface area contributed by atoms with Crippen LogP contribution < -0.4 is 0 Å². The second-order valence-electron chi connectivity index (χ2n) is 5.57. The average molecular weight is 397 g/mol. The van der Waals surface area contributed by atoms with Gasteiger partial charge in [-0.15, -0.1) is 0 Å². The number of allylic oxidation sites excluding steroid dienone is 4. The summed E-state index contributed by atoms with van der Waals surface area (Å²) in [6.07, 6.45) is 9.02. The topological polar surface area (TPSA) is 4.93 Å². The first-order valence-electron chi connectivity index (χ1n) is 7.54. The maximum atomic E-state index is 2.43. The van der Waals surface area contributed by atoms with Crippen LogP contribution in [0, 0.1) is 0 Å². The molecule has 3 aromatic rings. The molecule has 0 N–H and O–H groups in total. The minimum absolute atomic E-state index is 1.10. The Kier molecular flexibility index (Phi) is 3.62. The van der Waals surface area contributed by atoms with Gasteiger partial charge < -0.3 is 4.57 Å². The summed E-state index contributed by atoms with van der Waals surface area (Å²) in [5, 5.41) is 1.32. The zero-order chi connectivity index (χ0) is 14.9. The summed E-state index contributed by atoms with van der Waals surface area (Å²) < 4.78 is 3.79. The molecule has 2 aromatic carbocycles. The lowest BCUT2D eigenvalue weighted by Gasteiger charge is -2.13. The summed E-state index contributed by atoms with van der Waals surface area (Å²) >= 11 is 2.43. The van der Waals surface area contributed by atoms with Crippen LogP contribution in [0.3, 0.4) is 0 Å². The SMILES string of the molecule is IC1=CC=C(n2cc(-c3ccccc3)c3ccccc32)CC1. The van der Waals surface area contributed by atoms with Crippen molar-refractivity contribution in [2.75, 3.05) is 0 Å². The first-order valence-corrected chi connectivity index (χ1v) is 8.62. The van der Waals surface area contributed by atoms with Crippen molar-refractivity contribution in [1.29, 1.82) is 0 Å². The molecule has 2 heteroatoms. The van der Waals surface area contributed by atoms with Gasteiger partial charge in [0.05, 0.1) is 5.52 Å². The largest absolute Gasteiger partial charge is 0.320 e. The van der Waals surface area contributed by atoms with Crippen molar-refractivity contribution in [2.24, 2.45) is 0 Å². The summed E-state index contributed by atoms with van der Waals surface area (Å²) in [6.45, 7) is 0. The molecule has 1 aliphatic rings. The normalized spacial score (nSPS) is 14.8. The molecule has 1 heterocycles. The molecule has 0 bridgehead atoms. The van der Waals surface area contributed by atoms with Crippen LogP contribution in [0.2, 0.25) is 0 Å². The van der Waals surface area contributed by atoms with Crippen molar-refractivity contribution in [3.63, 3.8) is 0 Å². The molecule has 1 nitrogen and oxygen atoms in total. The summed E-state index contributed by atoms with van der Waals surface area (Å²) in [4.78, 5) is 0. The van der Waals surface area contributed by atoms with Gasteiger partial charge in [0.2, 0.25) is 0 Å². The standard InChI is InChI=1S/C20H16IN/c21-16-10-12-17(13-11-16)22-14-19(15-6-2-1-3-7-15)18-8-4-5-9-20(18)22/h1-10,12,14H,11,13H2. The maximum Gasteiger partial charge on any atom is 0.0531 e. The third kappa shape index (κ3) is 2.41. The number of aromatic nitrogens is 1. The number of rotatable bonds is 2. The Morgan fingerprint density at radius 2 is 1.59 bits per heavy atom. The third-order valence-corrected chi connectivity index (χ3v) is 5.08. The lowest BCUT2D eigenvalue weighted by Crippen LogP contribution is -1.98. The molecule has 0 spiro atoms. The van der Waals surface area contributed by atoms with E-state index in [1.165, 1.54) is 31.3 Å². The molecule has 0 fully saturated rings. The van der Waals surface area contributed by atoms with Crippen LogP contribution in [0.4, 0.5) is 0 Å². The van der Waals surface area contributed by atoms with E-state index in [0.717, 1.165) is 12.8 Å². The van der Waals surface area contributed by atoms with Gasteiger partial charge in [0.1, 0.15) is 0 Å². The second-order valence-corrected chi connectivity index (χ2v) is 6.95. The van der Waals surface area contributed by atoms with Gasteiger partial charge in [0.15, 0.2) is 0 Å². The first kappa shape index (κ1) is 13.8. The van der Waals surface area contributed by atoms with Crippen molar-refractivity contribution in [3.05, 3.63) is 76.5 Å². The Balaban J connectivity index is 1.94. The molecular weight excluding hydrogens is 381 g/mol. The number of hydrogen-bond donors (Lipinski definition) is 0. The van der Waals surface area contributed by atoms with E-state index in [0.29, 0.717) is 0 Å². The quantitative estimate of drug-likeness (QED) is 0.450. The smallest absolute Gasteiger partial charge is 0.0531 e. The van der Waals surface area contributed by atoms with E-state index in [2.05, 4.69) is 100 Å². The lowest BCUT2D eigenvalue weighted by molar-refractivity contribution is 0.960. The molecule has 22 heavy (non-hydrogen) atoms. The number of halogens is 1. The van der Waals surface area contributed by atoms with Crippen molar-refractivity contribution in [1.82, 2.24) is 4.57 Å². The third-order valence-electron chi connectivity index (χ3n) is 4.18. The first-order chi connectivity index (χ1) is 10.8. The Hall–Kier alpha value is -1.81. The summed E-state index contributed by atoms with van der Waals surface area (Å²) in [5.74, 6) is 0. The predicted octanol–water partition coefficient (Wildman–Crippen LogP) is 6.26. The molecule has 0 unspecified atom stereocenters. The van der Waals surface area contributed by atoms with Gasteiger partial charge in [0, 0.05) is 22.8 Å². The molecule has 0 aliphatic heterocycles. The van der Waals surface area contributed by atoms with Gasteiger partial charge >= 0.3 is 0 Å². The molecule has 0 saturated carbocycles. The molecule has 0 saturated heterocycles.